The van der Waals surface area contributed by atoms with Crippen molar-refractivity contribution in [3.8, 4) is 11.4 Å². The van der Waals surface area contributed by atoms with Crippen LogP contribution in [0.3, 0.4) is 0 Å². The lowest BCUT2D eigenvalue weighted by molar-refractivity contribution is 0.00173. The molecule has 0 saturated carbocycles. The first kappa shape index (κ1) is 24.2. The van der Waals surface area contributed by atoms with Crippen LogP contribution in [0.2, 0.25) is 0 Å². The Bertz CT molecular complexity index is 964. The number of piperazine rings is 1. The van der Waals surface area contributed by atoms with Gasteiger partial charge in [-0.15, -0.1) is 0 Å². The van der Waals surface area contributed by atoms with E-state index < -0.39 is 0 Å². The van der Waals surface area contributed by atoms with Gasteiger partial charge in [0.1, 0.15) is 0 Å². The Morgan fingerprint density at radius 3 is 2.63 bits per heavy atom. The molecular formula is C25H36N6O4. The highest BCUT2D eigenvalue weighted by Gasteiger charge is 2.32. The molecule has 2 aromatic rings. The van der Waals surface area contributed by atoms with Gasteiger partial charge in [0, 0.05) is 69.9 Å². The van der Waals surface area contributed by atoms with E-state index in [0.29, 0.717) is 49.9 Å². The van der Waals surface area contributed by atoms with Crippen molar-refractivity contribution in [1.82, 2.24) is 30.2 Å². The molecular weight excluding hydrogens is 448 g/mol. The summed E-state index contributed by atoms with van der Waals surface area (Å²) >= 11 is 0. The summed E-state index contributed by atoms with van der Waals surface area (Å²) in [6, 6.07) is 8.34. The van der Waals surface area contributed by atoms with E-state index in [4.69, 9.17) is 14.0 Å². The maximum absolute atomic E-state index is 12.9. The second-order valence-electron chi connectivity index (χ2n) is 9.62. The summed E-state index contributed by atoms with van der Waals surface area (Å²) in [7, 11) is 0. The monoisotopic (exact) mass is 484 g/mol. The molecule has 190 valence electrons. The predicted octanol–water partition coefficient (Wildman–Crippen LogP) is 1.61. The van der Waals surface area contributed by atoms with Crippen molar-refractivity contribution >= 4 is 6.03 Å². The first-order valence-corrected chi connectivity index (χ1v) is 12.7. The number of rotatable bonds is 7. The summed E-state index contributed by atoms with van der Waals surface area (Å²) in [5.74, 6) is 1.69. The van der Waals surface area contributed by atoms with Crippen LogP contribution in [0, 0.1) is 12.8 Å². The van der Waals surface area contributed by atoms with Crippen LogP contribution in [0.1, 0.15) is 17.9 Å². The third-order valence-electron chi connectivity index (χ3n) is 7.36. The van der Waals surface area contributed by atoms with Crippen LogP contribution < -0.4 is 5.32 Å². The fraction of sp³-hybridized carbons (Fsp3) is 0.640. The van der Waals surface area contributed by atoms with Gasteiger partial charge in [-0.1, -0.05) is 29.4 Å². The van der Waals surface area contributed by atoms with Gasteiger partial charge in [0.2, 0.25) is 11.7 Å². The fourth-order valence-electron chi connectivity index (χ4n) is 5.22. The minimum atomic E-state index is 0.0152. The number of nitrogens with zero attached hydrogens (tertiary/aromatic N) is 5. The van der Waals surface area contributed by atoms with E-state index in [-0.39, 0.29) is 6.03 Å². The van der Waals surface area contributed by atoms with Gasteiger partial charge in [-0.2, -0.15) is 4.98 Å². The number of benzene rings is 1. The van der Waals surface area contributed by atoms with Crippen LogP contribution in [-0.4, -0.2) is 109 Å². The van der Waals surface area contributed by atoms with Gasteiger partial charge in [-0.3, -0.25) is 9.80 Å². The van der Waals surface area contributed by atoms with Crippen molar-refractivity contribution in [2.45, 2.75) is 25.9 Å². The molecule has 0 aliphatic carbocycles. The average molecular weight is 485 g/mol. The Morgan fingerprint density at radius 2 is 1.89 bits per heavy atom. The standard InChI is InChI=1S/C25H36N6O4/c1-19-4-2-3-5-21(19)24-27-23(35-28-24)17-29-7-9-31(10-8-29)25(32)26-16-22(20-6-13-34-18-20)30-11-14-33-15-12-30/h2-5,20,22H,6-18H2,1H3,(H,26,32)/t20-,22-/m0/s1. The highest BCUT2D eigenvalue weighted by Crippen LogP contribution is 2.22. The SMILES string of the molecule is Cc1ccccc1-c1noc(CN2CCN(C(=O)NC[C@@H]([C@H]3CCOC3)N3CCOCC3)CC2)n1. The number of nitrogens with one attached hydrogen (secondary N) is 1. The smallest absolute Gasteiger partial charge is 0.317 e. The van der Waals surface area contributed by atoms with Gasteiger partial charge in [0.05, 0.1) is 26.4 Å². The van der Waals surface area contributed by atoms with E-state index in [9.17, 15) is 4.79 Å². The maximum atomic E-state index is 12.9. The van der Waals surface area contributed by atoms with Crippen molar-refractivity contribution in [3.05, 3.63) is 35.7 Å². The number of ether oxygens (including phenoxy) is 2. The van der Waals surface area contributed by atoms with Crippen LogP contribution in [0.15, 0.2) is 28.8 Å². The van der Waals surface area contributed by atoms with Gasteiger partial charge >= 0.3 is 6.03 Å². The molecule has 0 spiro atoms. The maximum Gasteiger partial charge on any atom is 0.317 e. The molecule has 35 heavy (non-hydrogen) atoms. The zero-order chi connectivity index (χ0) is 24.0. The van der Waals surface area contributed by atoms with Crippen molar-refractivity contribution in [2.75, 3.05) is 72.2 Å². The molecule has 10 heteroatoms. The highest BCUT2D eigenvalue weighted by atomic mass is 16.5. The molecule has 3 aliphatic heterocycles. The number of carbonyl (C=O) groups is 1. The summed E-state index contributed by atoms with van der Waals surface area (Å²) in [6.07, 6.45) is 1.05. The minimum absolute atomic E-state index is 0.0152. The average Bonchev–Trinajstić information content (AvgIpc) is 3.58. The predicted molar refractivity (Wildman–Crippen MR) is 130 cm³/mol. The summed E-state index contributed by atoms with van der Waals surface area (Å²) in [4.78, 5) is 24.1. The molecule has 3 fully saturated rings. The molecule has 2 amide bonds. The van der Waals surface area contributed by atoms with E-state index in [1.54, 1.807) is 0 Å². The van der Waals surface area contributed by atoms with Crippen LogP contribution in [0.4, 0.5) is 4.79 Å². The summed E-state index contributed by atoms with van der Waals surface area (Å²) in [5, 5.41) is 7.37. The Hall–Kier alpha value is -2.53. The number of aryl methyl sites for hydroxylation is 1. The first-order valence-electron chi connectivity index (χ1n) is 12.7. The number of hydrogen-bond donors (Lipinski definition) is 1. The van der Waals surface area contributed by atoms with Crippen LogP contribution >= 0.6 is 0 Å². The summed E-state index contributed by atoms with van der Waals surface area (Å²) in [6.45, 7) is 11.1. The molecule has 4 heterocycles. The molecule has 0 radical (unpaired) electrons. The van der Waals surface area contributed by atoms with Crippen LogP contribution in [0.25, 0.3) is 11.4 Å². The third kappa shape index (κ3) is 6.00. The molecule has 2 atom stereocenters. The first-order chi connectivity index (χ1) is 17.2. The van der Waals surface area contributed by atoms with Gasteiger partial charge in [0.15, 0.2) is 0 Å². The molecule has 3 saturated heterocycles. The zero-order valence-corrected chi connectivity index (χ0v) is 20.5. The fourth-order valence-corrected chi connectivity index (χ4v) is 5.22. The quantitative estimate of drug-likeness (QED) is 0.633. The Kier molecular flexibility index (Phi) is 7.92. The minimum Gasteiger partial charge on any atom is -0.381 e. The summed E-state index contributed by atoms with van der Waals surface area (Å²) < 4.78 is 16.7. The van der Waals surface area contributed by atoms with E-state index in [1.807, 2.05) is 36.1 Å². The van der Waals surface area contributed by atoms with Gasteiger partial charge in [0.25, 0.3) is 0 Å². The lowest BCUT2D eigenvalue weighted by atomic mass is 9.97. The topological polar surface area (TPSA) is 96.2 Å². The molecule has 10 nitrogen and oxygen atoms in total. The van der Waals surface area contributed by atoms with Crippen molar-refractivity contribution in [1.29, 1.82) is 0 Å². The zero-order valence-electron chi connectivity index (χ0n) is 20.5. The normalized spacial score (nSPS) is 22.9. The van der Waals surface area contributed by atoms with E-state index in [1.165, 1.54) is 0 Å². The van der Waals surface area contributed by atoms with E-state index in [0.717, 1.165) is 70.2 Å². The van der Waals surface area contributed by atoms with Crippen molar-refractivity contribution in [3.63, 3.8) is 0 Å². The number of aromatic nitrogens is 2. The second-order valence-corrected chi connectivity index (χ2v) is 9.62. The molecule has 5 rings (SSSR count). The molecule has 0 bridgehead atoms. The van der Waals surface area contributed by atoms with Gasteiger partial charge in [-0.05, 0) is 18.9 Å². The van der Waals surface area contributed by atoms with Gasteiger partial charge < -0.3 is 24.2 Å². The lowest BCUT2D eigenvalue weighted by Crippen LogP contribution is -2.56. The van der Waals surface area contributed by atoms with Crippen molar-refractivity contribution in [2.24, 2.45) is 5.92 Å². The number of amides is 2. The molecule has 3 aliphatic rings. The number of hydrogen-bond acceptors (Lipinski definition) is 8. The number of morpholine rings is 1. The third-order valence-corrected chi connectivity index (χ3v) is 7.36. The van der Waals surface area contributed by atoms with Crippen molar-refractivity contribution < 1.29 is 18.8 Å². The summed E-state index contributed by atoms with van der Waals surface area (Å²) in [5.41, 5.74) is 2.11. The molecule has 0 unspecified atom stereocenters. The van der Waals surface area contributed by atoms with Crippen LogP contribution in [0.5, 0.6) is 0 Å². The largest absolute Gasteiger partial charge is 0.381 e. The number of urea groups is 1. The highest BCUT2D eigenvalue weighted by molar-refractivity contribution is 5.74. The molecule has 1 N–H and O–H groups in total. The number of carbonyl (C=O) groups excluding carboxylic acids is 1. The lowest BCUT2D eigenvalue weighted by Gasteiger charge is -2.38. The van der Waals surface area contributed by atoms with Crippen LogP contribution in [-0.2, 0) is 16.0 Å². The Balaban J connectivity index is 1.09. The molecule has 1 aromatic heterocycles. The molecule has 1 aromatic carbocycles. The van der Waals surface area contributed by atoms with E-state index in [2.05, 4.69) is 25.3 Å². The van der Waals surface area contributed by atoms with Gasteiger partial charge in [-0.25, -0.2) is 4.79 Å². The van der Waals surface area contributed by atoms with E-state index >= 15 is 0 Å². The Labute approximate surface area is 206 Å². The Morgan fingerprint density at radius 1 is 1.09 bits per heavy atom. The second kappa shape index (κ2) is 11.5.